The van der Waals surface area contributed by atoms with Gasteiger partial charge < -0.3 is 20.5 Å². The maximum Gasteiger partial charge on any atom is 0.314 e. The summed E-state index contributed by atoms with van der Waals surface area (Å²) in [6.07, 6.45) is 1.24. The molecule has 1 fully saturated rings. The normalized spacial score (nSPS) is 17.4. The maximum absolute atomic E-state index is 11.5. The van der Waals surface area contributed by atoms with Crippen molar-refractivity contribution in [2.75, 3.05) is 45.9 Å². The van der Waals surface area contributed by atoms with Gasteiger partial charge in [-0.25, -0.2) is 4.79 Å². The number of rotatable bonds is 8. The molecule has 0 saturated carbocycles. The van der Waals surface area contributed by atoms with Crippen molar-refractivity contribution >= 4 is 12.0 Å². The number of nitrogens with one attached hydrogen (secondary N) is 2. The molecule has 0 aromatic rings. The van der Waals surface area contributed by atoms with Crippen LogP contribution in [-0.4, -0.2) is 67.9 Å². The number of urea groups is 1. The minimum Gasteiger partial charge on any atom is -0.481 e. The van der Waals surface area contributed by atoms with Crippen LogP contribution >= 0.6 is 0 Å². The molecule has 1 atom stereocenters. The first kappa shape index (κ1) is 16.7. The minimum atomic E-state index is -0.792. The third-order valence-electron chi connectivity index (χ3n) is 3.34. The lowest BCUT2D eigenvalue weighted by molar-refractivity contribution is -0.141. The van der Waals surface area contributed by atoms with E-state index in [1.54, 1.807) is 6.92 Å². The van der Waals surface area contributed by atoms with E-state index in [0.29, 0.717) is 25.9 Å². The molecule has 20 heavy (non-hydrogen) atoms. The number of carbonyl (C=O) groups is 2. The molecule has 1 heterocycles. The lowest BCUT2D eigenvalue weighted by Gasteiger charge is -2.26. The summed E-state index contributed by atoms with van der Waals surface area (Å²) in [5.41, 5.74) is 0. The fraction of sp³-hybridized carbons (Fsp3) is 0.846. The molecule has 1 rings (SSSR count). The smallest absolute Gasteiger partial charge is 0.314 e. The predicted molar refractivity (Wildman–Crippen MR) is 74.7 cm³/mol. The summed E-state index contributed by atoms with van der Waals surface area (Å²) in [5, 5.41) is 14.2. The topological polar surface area (TPSA) is 90.9 Å². The largest absolute Gasteiger partial charge is 0.481 e. The standard InChI is InChI=1S/C13H25N3O4/c1-11(12(17)18)3-2-4-14-13(19)15-5-6-16-7-9-20-10-8-16/h11H,2-10H2,1H3,(H,17,18)(H2,14,15,19). The van der Waals surface area contributed by atoms with Crippen molar-refractivity contribution in [1.82, 2.24) is 15.5 Å². The second-order valence-electron chi connectivity index (χ2n) is 5.02. The Morgan fingerprint density at radius 1 is 1.25 bits per heavy atom. The van der Waals surface area contributed by atoms with Gasteiger partial charge in [0.15, 0.2) is 0 Å². The number of nitrogens with zero attached hydrogens (tertiary/aromatic N) is 1. The lowest BCUT2D eigenvalue weighted by Crippen LogP contribution is -2.43. The number of carboxylic acid groups (broad SMARTS) is 1. The van der Waals surface area contributed by atoms with Crippen molar-refractivity contribution in [2.45, 2.75) is 19.8 Å². The van der Waals surface area contributed by atoms with Gasteiger partial charge in [-0.3, -0.25) is 9.69 Å². The van der Waals surface area contributed by atoms with Crippen molar-refractivity contribution in [3.8, 4) is 0 Å². The molecule has 1 saturated heterocycles. The molecule has 7 heteroatoms. The number of ether oxygens (including phenoxy) is 1. The number of carboxylic acids is 1. The van der Waals surface area contributed by atoms with Gasteiger partial charge in [-0.05, 0) is 12.8 Å². The van der Waals surface area contributed by atoms with Gasteiger partial charge in [-0.15, -0.1) is 0 Å². The Balaban J connectivity index is 1.96. The third-order valence-corrected chi connectivity index (χ3v) is 3.34. The molecule has 1 unspecified atom stereocenters. The summed E-state index contributed by atoms with van der Waals surface area (Å²) < 4.78 is 5.25. The molecule has 2 amide bonds. The molecule has 0 aliphatic carbocycles. The number of aliphatic carboxylic acids is 1. The Bertz CT molecular complexity index is 306. The van der Waals surface area contributed by atoms with Gasteiger partial charge in [0.25, 0.3) is 0 Å². The van der Waals surface area contributed by atoms with E-state index in [-0.39, 0.29) is 11.9 Å². The Hall–Kier alpha value is -1.34. The Morgan fingerprint density at radius 3 is 2.55 bits per heavy atom. The summed E-state index contributed by atoms with van der Waals surface area (Å²) in [6, 6.07) is -0.193. The molecule has 7 nitrogen and oxygen atoms in total. The number of hydrogen-bond donors (Lipinski definition) is 3. The average molecular weight is 287 g/mol. The van der Waals surface area contributed by atoms with Crippen LogP contribution in [0.1, 0.15) is 19.8 Å². The van der Waals surface area contributed by atoms with E-state index in [9.17, 15) is 9.59 Å². The first-order valence-corrected chi connectivity index (χ1v) is 7.14. The molecule has 0 spiro atoms. The number of morpholine rings is 1. The van der Waals surface area contributed by atoms with Crippen molar-refractivity contribution in [3.63, 3.8) is 0 Å². The second kappa shape index (κ2) is 9.55. The van der Waals surface area contributed by atoms with Crippen molar-refractivity contribution in [2.24, 2.45) is 5.92 Å². The SMILES string of the molecule is CC(CCCNC(=O)NCCN1CCOCC1)C(=O)O. The van der Waals surface area contributed by atoms with E-state index in [1.807, 2.05) is 0 Å². The molecule has 0 aromatic carbocycles. The zero-order chi connectivity index (χ0) is 14.8. The van der Waals surface area contributed by atoms with Gasteiger partial charge >= 0.3 is 12.0 Å². The molecule has 116 valence electrons. The van der Waals surface area contributed by atoms with E-state index in [4.69, 9.17) is 9.84 Å². The molecule has 1 aliphatic rings. The van der Waals surface area contributed by atoms with Crippen molar-refractivity contribution in [3.05, 3.63) is 0 Å². The molecule has 0 aromatic heterocycles. The lowest BCUT2D eigenvalue weighted by atomic mass is 10.1. The number of hydrogen-bond acceptors (Lipinski definition) is 4. The van der Waals surface area contributed by atoms with Gasteiger partial charge in [0.05, 0.1) is 19.1 Å². The first-order valence-electron chi connectivity index (χ1n) is 7.14. The molecule has 0 bridgehead atoms. The number of amides is 2. The Labute approximate surface area is 119 Å². The van der Waals surface area contributed by atoms with Crippen LogP contribution in [0.2, 0.25) is 0 Å². The minimum absolute atomic E-state index is 0.193. The van der Waals surface area contributed by atoms with Gasteiger partial charge in [0.2, 0.25) is 0 Å². The summed E-state index contributed by atoms with van der Waals surface area (Å²) in [6.45, 7) is 6.95. The van der Waals surface area contributed by atoms with Crippen LogP contribution < -0.4 is 10.6 Å². The summed E-state index contributed by atoms with van der Waals surface area (Å²) >= 11 is 0. The third kappa shape index (κ3) is 7.30. The second-order valence-corrected chi connectivity index (χ2v) is 5.02. The van der Waals surface area contributed by atoms with Crippen LogP contribution in [0, 0.1) is 5.92 Å². The monoisotopic (exact) mass is 287 g/mol. The van der Waals surface area contributed by atoms with Gasteiger partial charge in [-0.1, -0.05) is 6.92 Å². The van der Waals surface area contributed by atoms with E-state index < -0.39 is 5.97 Å². The Kier molecular flexibility index (Phi) is 7.98. The first-order chi connectivity index (χ1) is 9.59. The van der Waals surface area contributed by atoms with E-state index in [1.165, 1.54) is 0 Å². The quantitative estimate of drug-likeness (QED) is 0.552. The van der Waals surface area contributed by atoms with Crippen molar-refractivity contribution in [1.29, 1.82) is 0 Å². The molecule has 3 N–H and O–H groups in total. The molecular formula is C13H25N3O4. The summed E-state index contributed by atoms with van der Waals surface area (Å²) in [4.78, 5) is 24.3. The molecule has 0 radical (unpaired) electrons. The highest BCUT2D eigenvalue weighted by Gasteiger charge is 2.11. The average Bonchev–Trinajstić information content (AvgIpc) is 2.44. The fourth-order valence-electron chi connectivity index (χ4n) is 1.95. The molecular weight excluding hydrogens is 262 g/mol. The van der Waals surface area contributed by atoms with Gasteiger partial charge in [-0.2, -0.15) is 0 Å². The predicted octanol–water partition coefficient (Wildman–Crippen LogP) is 0.119. The van der Waals surface area contributed by atoms with Gasteiger partial charge in [0.1, 0.15) is 0 Å². The van der Waals surface area contributed by atoms with E-state index in [2.05, 4.69) is 15.5 Å². The van der Waals surface area contributed by atoms with Crippen LogP contribution in [0.5, 0.6) is 0 Å². The van der Waals surface area contributed by atoms with Crippen LogP contribution in [-0.2, 0) is 9.53 Å². The Morgan fingerprint density at radius 2 is 1.90 bits per heavy atom. The van der Waals surface area contributed by atoms with Crippen LogP contribution in [0.25, 0.3) is 0 Å². The van der Waals surface area contributed by atoms with Crippen LogP contribution in [0.15, 0.2) is 0 Å². The highest BCUT2D eigenvalue weighted by Crippen LogP contribution is 2.03. The summed E-state index contributed by atoms with van der Waals surface area (Å²) in [7, 11) is 0. The summed E-state index contributed by atoms with van der Waals surface area (Å²) in [5.74, 6) is -1.15. The van der Waals surface area contributed by atoms with E-state index >= 15 is 0 Å². The van der Waals surface area contributed by atoms with Crippen molar-refractivity contribution < 1.29 is 19.4 Å². The van der Waals surface area contributed by atoms with E-state index in [0.717, 1.165) is 32.8 Å². The van der Waals surface area contributed by atoms with Gasteiger partial charge in [0, 0.05) is 32.7 Å². The highest BCUT2D eigenvalue weighted by atomic mass is 16.5. The number of carbonyl (C=O) groups excluding carboxylic acids is 1. The van der Waals surface area contributed by atoms with Crippen LogP contribution in [0.3, 0.4) is 0 Å². The van der Waals surface area contributed by atoms with Crippen LogP contribution in [0.4, 0.5) is 4.79 Å². The maximum atomic E-state index is 11.5. The fourth-order valence-corrected chi connectivity index (χ4v) is 1.95. The highest BCUT2D eigenvalue weighted by molar-refractivity contribution is 5.73. The zero-order valence-corrected chi connectivity index (χ0v) is 12.1. The molecule has 1 aliphatic heterocycles. The zero-order valence-electron chi connectivity index (χ0n) is 12.1.